The minimum Gasteiger partial charge on any atom is -0.466 e. The smallest absolute Gasteiger partial charge is 0.257 e. The highest BCUT2D eigenvalue weighted by Gasteiger charge is 2.48. The number of ether oxygens (including phenoxy) is 1. The van der Waals surface area contributed by atoms with Crippen molar-refractivity contribution in [2.45, 2.75) is 38.8 Å². The van der Waals surface area contributed by atoms with Crippen molar-refractivity contribution in [1.29, 1.82) is 0 Å². The molecule has 2 saturated heterocycles. The average Bonchev–Trinajstić information content (AvgIpc) is 3.10. The predicted octanol–water partition coefficient (Wildman–Crippen LogP) is 1.36. The molecular weight excluding hydrogens is 284 g/mol. The van der Waals surface area contributed by atoms with Gasteiger partial charge in [0.25, 0.3) is 5.91 Å². The second kappa shape index (κ2) is 5.76. The molecule has 0 spiro atoms. The summed E-state index contributed by atoms with van der Waals surface area (Å²) in [4.78, 5) is 28.7. The number of furan rings is 1. The molecule has 0 aromatic carbocycles. The topological polar surface area (TPSA) is 63.0 Å². The van der Waals surface area contributed by atoms with Crippen LogP contribution in [0.15, 0.2) is 10.5 Å². The van der Waals surface area contributed by atoms with Crippen molar-refractivity contribution in [3.05, 3.63) is 23.2 Å². The normalized spacial score (nSPS) is 24.2. The second-order valence-corrected chi connectivity index (χ2v) is 6.03. The van der Waals surface area contributed by atoms with E-state index in [0.29, 0.717) is 37.4 Å². The first-order valence-corrected chi connectivity index (χ1v) is 7.69. The van der Waals surface area contributed by atoms with Crippen LogP contribution < -0.4 is 0 Å². The first kappa shape index (κ1) is 15.1. The van der Waals surface area contributed by atoms with Crippen LogP contribution >= 0.6 is 0 Å². The zero-order valence-corrected chi connectivity index (χ0v) is 13.3. The molecule has 6 nitrogen and oxygen atoms in total. The zero-order valence-electron chi connectivity index (χ0n) is 13.3. The number of nitrogens with zero attached hydrogens (tertiary/aromatic N) is 2. The van der Waals surface area contributed by atoms with Crippen LogP contribution in [0.3, 0.4) is 0 Å². The van der Waals surface area contributed by atoms with Gasteiger partial charge in [0.05, 0.1) is 24.3 Å². The van der Waals surface area contributed by atoms with E-state index in [4.69, 9.17) is 9.15 Å². The molecule has 2 aliphatic rings. The summed E-state index contributed by atoms with van der Waals surface area (Å²) in [5, 5.41) is 0. The number of likely N-dealkylation sites (tertiary alicyclic amines) is 2. The van der Waals surface area contributed by atoms with E-state index in [1.807, 2.05) is 16.7 Å². The van der Waals surface area contributed by atoms with Crippen LogP contribution in [0.25, 0.3) is 0 Å². The molecule has 0 aliphatic carbocycles. The van der Waals surface area contributed by atoms with Crippen molar-refractivity contribution in [2.75, 3.05) is 26.8 Å². The lowest BCUT2D eigenvalue weighted by atomic mass is 10.1. The van der Waals surface area contributed by atoms with Crippen molar-refractivity contribution in [3.63, 3.8) is 0 Å². The SMILES string of the molecule is COCCN1C(=O)C[C@@H]2[C@@H]1CCN2C(=O)c1cc(C)oc1C. The molecule has 3 rings (SSSR count). The van der Waals surface area contributed by atoms with E-state index in [0.717, 1.165) is 12.2 Å². The van der Waals surface area contributed by atoms with Gasteiger partial charge < -0.3 is 19.0 Å². The summed E-state index contributed by atoms with van der Waals surface area (Å²) in [5.74, 6) is 1.47. The van der Waals surface area contributed by atoms with E-state index in [9.17, 15) is 9.59 Å². The first-order chi connectivity index (χ1) is 10.5. The van der Waals surface area contributed by atoms with Gasteiger partial charge in [0.2, 0.25) is 5.91 Å². The highest BCUT2D eigenvalue weighted by atomic mass is 16.5. The monoisotopic (exact) mass is 306 g/mol. The average molecular weight is 306 g/mol. The lowest BCUT2D eigenvalue weighted by molar-refractivity contribution is -0.129. The second-order valence-electron chi connectivity index (χ2n) is 6.03. The lowest BCUT2D eigenvalue weighted by Gasteiger charge is -2.25. The molecule has 22 heavy (non-hydrogen) atoms. The predicted molar refractivity (Wildman–Crippen MR) is 79.6 cm³/mol. The number of fused-ring (bicyclic) bond motifs is 1. The van der Waals surface area contributed by atoms with Gasteiger partial charge in [0.15, 0.2) is 0 Å². The van der Waals surface area contributed by atoms with Crippen molar-refractivity contribution >= 4 is 11.8 Å². The summed E-state index contributed by atoms with van der Waals surface area (Å²) in [6.07, 6.45) is 1.25. The van der Waals surface area contributed by atoms with Crippen LogP contribution in [0, 0.1) is 13.8 Å². The Bertz CT molecular complexity index is 595. The maximum atomic E-state index is 12.8. The van der Waals surface area contributed by atoms with E-state index in [1.54, 1.807) is 20.1 Å². The number of rotatable bonds is 4. The third-order valence-electron chi connectivity index (χ3n) is 4.68. The van der Waals surface area contributed by atoms with Gasteiger partial charge >= 0.3 is 0 Å². The van der Waals surface area contributed by atoms with Crippen LogP contribution in [-0.2, 0) is 9.53 Å². The Kier molecular flexibility index (Phi) is 3.95. The molecular formula is C16H22N2O4. The number of aryl methyl sites for hydroxylation is 2. The van der Waals surface area contributed by atoms with Crippen LogP contribution in [0.1, 0.15) is 34.7 Å². The minimum absolute atomic E-state index is 0.0218. The number of hydrogen-bond acceptors (Lipinski definition) is 4. The van der Waals surface area contributed by atoms with Gasteiger partial charge in [-0.25, -0.2) is 0 Å². The standard InChI is InChI=1S/C16H22N2O4/c1-10-8-12(11(2)22-10)16(20)18-5-4-13-14(18)9-15(19)17(13)6-7-21-3/h8,13-14H,4-7,9H2,1-3H3/t13-,14+/m0/s1. The van der Waals surface area contributed by atoms with E-state index in [2.05, 4.69) is 0 Å². The molecule has 2 aliphatic heterocycles. The Morgan fingerprint density at radius 1 is 1.41 bits per heavy atom. The molecule has 1 aromatic heterocycles. The Balaban J connectivity index is 1.77. The molecule has 6 heteroatoms. The van der Waals surface area contributed by atoms with Crippen LogP contribution in [-0.4, -0.2) is 60.5 Å². The Labute approximate surface area is 130 Å². The number of carbonyl (C=O) groups is 2. The Morgan fingerprint density at radius 3 is 2.82 bits per heavy atom. The Hall–Kier alpha value is -1.82. The Morgan fingerprint density at radius 2 is 2.18 bits per heavy atom. The van der Waals surface area contributed by atoms with E-state index in [1.165, 1.54) is 0 Å². The summed E-state index contributed by atoms with van der Waals surface area (Å²) in [7, 11) is 1.63. The van der Waals surface area contributed by atoms with Crippen molar-refractivity contribution in [3.8, 4) is 0 Å². The molecule has 2 amide bonds. The molecule has 0 radical (unpaired) electrons. The number of methoxy groups -OCH3 is 1. The van der Waals surface area contributed by atoms with E-state index >= 15 is 0 Å². The molecule has 0 bridgehead atoms. The number of carbonyl (C=O) groups excluding carboxylic acids is 2. The zero-order chi connectivity index (χ0) is 15.9. The van der Waals surface area contributed by atoms with Crippen LogP contribution in [0.2, 0.25) is 0 Å². The van der Waals surface area contributed by atoms with Gasteiger partial charge in [0, 0.05) is 26.6 Å². The van der Waals surface area contributed by atoms with Gasteiger partial charge in [-0.15, -0.1) is 0 Å². The van der Waals surface area contributed by atoms with Gasteiger partial charge in [-0.3, -0.25) is 9.59 Å². The molecule has 0 unspecified atom stereocenters. The number of amides is 2. The van der Waals surface area contributed by atoms with Crippen molar-refractivity contribution in [2.24, 2.45) is 0 Å². The lowest BCUT2D eigenvalue weighted by Crippen LogP contribution is -2.40. The number of hydrogen-bond donors (Lipinski definition) is 0. The van der Waals surface area contributed by atoms with Gasteiger partial charge in [-0.1, -0.05) is 0 Å². The van der Waals surface area contributed by atoms with E-state index in [-0.39, 0.29) is 23.9 Å². The molecule has 120 valence electrons. The molecule has 0 saturated carbocycles. The van der Waals surface area contributed by atoms with Crippen LogP contribution in [0.5, 0.6) is 0 Å². The molecule has 1 aromatic rings. The summed E-state index contributed by atoms with van der Waals surface area (Å²) < 4.78 is 10.5. The maximum Gasteiger partial charge on any atom is 0.257 e. The molecule has 2 fully saturated rings. The third kappa shape index (κ3) is 2.41. The third-order valence-corrected chi connectivity index (χ3v) is 4.68. The fourth-order valence-electron chi connectivity index (χ4n) is 3.66. The minimum atomic E-state index is -0.0248. The van der Waals surface area contributed by atoms with E-state index < -0.39 is 0 Å². The largest absolute Gasteiger partial charge is 0.466 e. The van der Waals surface area contributed by atoms with Crippen molar-refractivity contribution < 1.29 is 18.7 Å². The molecule has 2 atom stereocenters. The quantitative estimate of drug-likeness (QED) is 0.842. The maximum absolute atomic E-state index is 12.8. The highest BCUT2D eigenvalue weighted by Crippen LogP contribution is 2.33. The molecule has 0 N–H and O–H groups in total. The van der Waals surface area contributed by atoms with Gasteiger partial charge in [-0.2, -0.15) is 0 Å². The fourth-order valence-corrected chi connectivity index (χ4v) is 3.66. The first-order valence-electron chi connectivity index (χ1n) is 7.69. The van der Waals surface area contributed by atoms with Crippen molar-refractivity contribution in [1.82, 2.24) is 9.80 Å². The summed E-state index contributed by atoms with van der Waals surface area (Å²) in [6, 6.07) is 1.89. The van der Waals surface area contributed by atoms with Crippen LogP contribution in [0.4, 0.5) is 0 Å². The highest BCUT2D eigenvalue weighted by molar-refractivity contribution is 5.96. The summed E-state index contributed by atoms with van der Waals surface area (Å²) in [6.45, 7) is 5.46. The van der Waals surface area contributed by atoms with Gasteiger partial charge in [0.1, 0.15) is 11.5 Å². The molecule has 3 heterocycles. The summed E-state index contributed by atoms with van der Waals surface area (Å²) >= 11 is 0. The fraction of sp³-hybridized carbons (Fsp3) is 0.625. The summed E-state index contributed by atoms with van der Waals surface area (Å²) in [5.41, 5.74) is 0.612. The van der Waals surface area contributed by atoms with Gasteiger partial charge in [-0.05, 0) is 26.3 Å².